The molecule has 0 spiro atoms. The molecule has 1 saturated carbocycles. The standard InChI is InChI=1S/C21H30N2O4/c1-20(2,3)27-19(26)22-14-11-18(25)23-15-17(24)21(12-7-8-13-21)16-9-5-4-6-10-16/h4-6,9-10H,7-8,11-15H2,1-3H3,(H,22,26)(H,23,25). The summed E-state index contributed by atoms with van der Waals surface area (Å²) in [6.07, 6.45) is 3.24. The van der Waals surface area contributed by atoms with Crippen molar-refractivity contribution < 1.29 is 19.1 Å². The average Bonchev–Trinajstić information content (AvgIpc) is 3.10. The lowest BCUT2D eigenvalue weighted by Gasteiger charge is -2.28. The van der Waals surface area contributed by atoms with E-state index < -0.39 is 17.1 Å². The van der Waals surface area contributed by atoms with E-state index in [4.69, 9.17) is 4.74 Å². The molecule has 1 fully saturated rings. The van der Waals surface area contributed by atoms with E-state index in [-0.39, 0.29) is 31.2 Å². The lowest BCUT2D eigenvalue weighted by atomic mass is 9.75. The van der Waals surface area contributed by atoms with Crippen molar-refractivity contribution in [2.24, 2.45) is 0 Å². The minimum Gasteiger partial charge on any atom is -0.444 e. The summed E-state index contributed by atoms with van der Waals surface area (Å²) in [7, 11) is 0. The van der Waals surface area contributed by atoms with Gasteiger partial charge in [-0.15, -0.1) is 0 Å². The molecule has 2 rings (SSSR count). The Hall–Kier alpha value is -2.37. The van der Waals surface area contributed by atoms with Crippen molar-refractivity contribution in [1.29, 1.82) is 0 Å². The molecule has 1 aromatic rings. The number of benzene rings is 1. The number of hydrogen-bond acceptors (Lipinski definition) is 4. The summed E-state index contributed by atoms with van der Waals surface area (Å²) in [5.41, 5.74) is -0.0249. The Morgan fingerprint density at radius 1 is 1.04 bits per heavy atom. The molecule has 148 valence electrons. The zero-order chi connectivity index (χ0) is 19.9. The van der Waals surface area contributed by atoms with Crippen LogP contribution in [-0.4, -0.2) is 36.5 Å². The van der Waals surface area contributed by atoms with Gasteiger partial charge in [-0.3, -0.25) is 9.59 Å². The first-order chi connectivity index (χ1) is 12.7. The Bertz CT molecular complexity index is 659. The second-order valence-electron chi connectivity index (χ2n) is 8.03. The lowest BCUT2D eigenvalue weighted by molar-refractivity contribution is -0.127. The zero-order valence-corrected chi connectivity index (χ0v) is 16.5. The molecule has 0 bridgehead atoms. The van der Waals surface area contributed by atoms with Crippen molar-refractivity contribution in [3.05, 3.63) is 35.9 Å². The molecule has 0 radical (unpaired) electrons. The normalized spacial score (nSPS) is 15.8. The number of amides is 2. The van der Waals surface area contributed by atoms with Crippen LogP contribution in [0.4, 0.5) is 4.79 Å². The van der Waals surface area contributed by atoms with E-state index in [9.17, 15) is 14.4 Å². The molecule has 0 heterocycles. The van der Waals surface area contributed by atoms with E-state index in [2.05, 4.69) is 10.6 Å². The van der Waals surface area contributed by atoms with Gasteiger partial charge in [0.05, 0.1) is 12.0 Å². The van der Waals surface area contributed by atoms with Gasteiger partial charge in [0.1, 0.15) is 5.60 Å². The largest absolute Gasteiger partial charge is 0.444 e. The maximum Gasteiger partial charge on any atom is 0.407 e. The highest BCUT2D eigenvalue weighted by Crippen LogP contribution is 2.41. The molecule has 0 atom stereocenters. The van der Waals surface area contributed by atoms with Gasteiger partial charge in [0.2, 0.25) is 5.91 Å². The molecular weight excluding hydrogens is 344 g/mol. The number of ether oxygens (including phenoxy) is 1. The van der Waals surface area contributed by atoms with Crippen LogP contribution >= 0.6 is 0 Å². The number of carbonyl (C=O) groups excluding carboxylic acids is 3. The van der Waals surface area contributed by atoms with Gasteiger partial charge in [-0.1, -0.05) is 43.2 Å². The summed E-state index contributed by atoms with van der Waals surface area (Å²) >= 11 is 0. The molecule has 1 aliphatic rings. The average molecular weight is 374 g/mol. The zero-order valence-electron chi connectivity index (χ0n) is 16.5. The van der Waals surface area contributed by atoms with Crippen molar-refractivity contribution in [2.45, 2.75) is 63.9 Å². The molecule has 0 unspecified atom stereocenters. The Balaban J connectivity index is 1.80. The van der Waals surface area contributed by atoms with E-state index in [1.165, 1.54) is 0 Å². The van der Waals surface area contributed by atoms with E-state index in [1.807, 2.05) is 30.3 Å². The number of rotatable bonds is 7. The molecule has 27 heavy (non-hydrogen) atoms. The second-order valence-corrected chi connectivity index (χ2v) is 8.03. The van der Waals surface area contributed by atoms with Crippen LogP contribution in [0, 0.1) is 0 Å². The predicted molar refractivity (Wildman–Crippen MR) is 103 cm³/mol. The Labute approximate surface area is 161 Å². The molecular formula is C21H30N2O4. The Kier molecular flexibility index (Phi) is 6.99. The smallest absolute Gasteiger partial charge is 0.407 e. The summed E-state index contributed by atoms with van der Waals surface area (Å²) in [5, 5.41) is 5.23. The Morgan fingerprint density at radius 3 is 2.26 bits per heavy atom. The summed E-state index contributed by atoms with van der Waals surface area (Å²) in [6, 6.07) is 9.83. The van der Waals surface area contributed by atoms with Gasteiger partial charge in [-0.2, -0.15) is 0 Å². The van der Waals surface area contributed by atoms with Gasteiger partial charge >= 0.3 is 6.09 Å². The minimum atomic E-state index is -0.578. The van der Waals surface area contributed by atoms with E-state index in [0.717, 1.165) is 31.2 Å². The van der Waals surface area contributed by atoms with Crippen molar-refractivity contribution in [1.82, 2.24) is 10.6 Å². The number of nitrogens with one attached hydrogen (secondary N) is 2. The monoisotopic (exact) mass is 374 g/mol. The molecule has 2 N–H and O–H groups in total. The van der Waals surface area contributed by atoms with Gasteiger partial charge in [-0.25, -0.2) is 4.79 Å². The second kappa shape index (κ2) is 9.02. The van der Waals surface area contributed by atoms with Gasteiger partial charge in [0.15, 0.2) is 5.78 Å². The third kappa shape index (κ3) is 6.08. The highest BCUT2D eigenvalue weighted by atomic mass is 16.6. The van der Waals surface area contributed by atoms with Crippen LogP contribution in [0.25, 0.3) is 0 Å². The fourth-order valence-electron chi connectivity index (χ4n) is 3.49. The van der Waals surface area contributed by atoms with Crippen molar-refractivity contribution in [3.63, 3.8) is 0 Å². The van der Waals surface area contributed by atoms with Crippen molar-refractivity contribution in [3.8, 4) is 0 Å². The van der Waals surface area contributed by atoms with Gasteiger partial charge < -0.3 is 15.4 Å². The predicted octanol–water partition coefficient (Wildman–Crippen LogP) is 3.10. The number of ketones is 1. The van der Waals surface area contributed by atoms with E-state index in [0.29, 0.717) is 0 Å². The van der Waals surface area contributed by atoms with Gasteiger partial charge in [0, 0.05) is 13.0 Å². The number of carbonyl (C=O) groups is 3. The van der Waals surface area contributed by atoms with Crippen LogP contribution < -0.4 is 10.6 Å². The topological polar surface area (TPSA) is 84.5 Å². The molecule has 1 aromatic carbocycles. The first kappa shape index (κ1) is 20.9. The fraction of sp³-hybridized carbons (Fsp3) is 0.571. The number of Topliss-reactive ketones (excluding diaryl/α,β-unsaturated/α-hetero) is 1. The van der Waals surface area contributed by atoms with Crippen LogP contribution in [0.2, 0.25) is 0 Å². The van der Waals surface area contributed by atoms with Crippen molar-refractivity contribution >= 4 is 17.8 Å². The van der Waals surface area contributed by atoms with Crippen LogP contribution in [0.3, 0.4) is 0 Å². The number of alkyl carbamates (subject to hydrolysis) is 1. The van der Waals surface area contributed by atoms with Gasteiger partial charge in [-0.05, 0) is 39.2 Å². The summed E-state index contributed by atoms with van der Waals surface area (Å²) < 4.78 is 5.11. The van der Waals surface area contributed by atoms with Gasteiger partial charge in [0.25, 0.3) is 0 Å². The first-order valence-corrected chi connectivity index (χ1v) is 9.55. The third-order valence-corrected chi connectivity index (χ3v) is 4.78. The first-order valence-electron chi connectivity index (χ1n) is 9.55. The highest BCUT2D eigenvalue weighted by molar-refractivity contribution is 5.94. The third-order valence-electron chi connectivity index (χ3n) is 4.78. The Morgan fingerprint density at radius 2 is 1.67 bits per heavy atom. The summed E-state index contributed by atoms with van der Waals surface area (Å²) in [5.74, 6) is -0.208. The fourth-order valence-corrected chi connectivity index (χ4v) is 3.49. The molecule has 0 saturated heterocycles. The van der Waals surface area contributed by atoms with E-state index in [1.54, 1.807) is 20.8 Å². The summed E-state index contributed by atoms with van der Waals surface area (Å²) in [6.45, 7) is 5.50. The highest BCUT2D eigenvalue weighted by Gasteiger charge is 2.41. The molecule has 0 aromatic heterocycles. The van der Waals surface area contributed by atoms with Crippen LogP contribution in [0.1, 0.15) is 58.4 Å². The van der Waals surface area contributed by atoms with E-state index >= 15 is 0 Å². The molecule has 0 aliphatic heterocycles. The SMILES string of the molecule is CC(C)(C)OC(=O)NCCC(=O)NCC(=O)C1(c2ccccc2)CCCC1. The maximum absolute atomic E-state index is 12.9. The quantitative estimate of drug-likeness (QED) is 0.768. The van der Waals surface area contributed by atoms with Crippen molar-refractivity contribution in [2.75, 3.05) is 13.1 Å². The maximum atomic E-state index is 12.9. The summed E-state index contributed by atoms with van der Waals surface area (Å²) in [4.78, 5) is 36.5. The molecule has 2 amide bonds. The number of hydrogen-bond donors (Lipinski definition) is 2. The van der Waals surface area contributed by atoms with Crippen LogP contribution in [0.15, 0.2) is 30.3 Å². The molecule has 6 heteroatoms. The van der Waals surface area contributed by atoms with Crippen LogP contribution in [0.5, 0.6) is 0 Å². The van der Waals surface area contributed by atoms with Crippen LogP contribution in [-0.2, 0) is 19.7 Å². The molecule has 6 nitrogen and oxygen atoms in total. The minimum absolute atomic E-state index is 0.0141. The lowest BCUT2D eigenvalue weighted by Crippen LogP contribution is -2.42. The molecule has 1 aliphatic carbocycles.